The zero-order chi connectivity index (χ0) is 30.5. The van der Waals surface area contributed by atoms with Crippen molar-refractivity contribution < 1.29 is 18.0 Å². The second-order valence-electron chi connectivity index (χ2n) is 10.3. The first-order chi connectivity index (χ1) is 19.2. The number of anilines is 1. The molecule has 220 valence electrons. The standard InChI is InChI=1S/C30H34Cl3N3O4S/c1-19(2)16-34-30(38)22(5)35(17-23-8-12-26(32)27(33)15-23)29(37)18-36(28-13-9-24(31)14-21(28)4)41(39,40)25-10-6-20(3)7-11-25/h6-15,19,22H,16-18H2,1-5H3,(H,34,38). The van der Waals surface area contributed by atoms with Crippen LogP contribution in [0.15, 0.2) is 65.6 Å². The molecule has 3 rings (SSSR count). The highest BCUT2D eigenvalue weighted by molar-refractivity contribution is 7.92. The van der Waals surface area contributed by atoms with Crippen LogP contribution in [0.3, 0.4) is 0 Å². The Balaban J connectivity index is 2.06. The van der Waals surface area contributed by atoms with Crippen molar-refractivity contribution in [3.63, 3.8) is 0 Å². The zero-order valence-corrected chi connectivity index (χ0v) is 26.7. The molecule has 0 radical (unpaired) electrons. The lowest BCUT2D eigenvalue weighted by molar-refractivity contribution is -0.139. The molecule has 1 unspecified atom stereocenters. The summed E-state index contributed by atoms with van der Waals surface area (Å²) in [6.07, 6.45) is 0. The van der Waals surface area contributed by atoms with Crippen molar-refractivity contribution in [1.29, 1.82) is 0 Å². The minimum Gasteiger partial charge on any atom is -0.354 e. The van der Waals surface area contributed by atoms with Crippen LogP contribution in [0.4, 0.5) is 5.69 Å². The van der Waals surface area contributed by atoms with Gasteiger partial charge in [0.05, 0.1) is 20.6 Å². The molecule has 3 aromatic rings. The van der Waals surface area contributed by atoms with Gasteiger partial charge >= 0.3 is 0 Å². The Morgan fingerprint density at radius 3 is 2.12 bits per heavy atom. The predicted octanol–water partition coefficient (Wildman–Crippen LogP) is 6.65. The summed E-state index contributed by atoms with van der Waals surface area (Å²) in [4.78, 5) is 28.5. The molecule has 0 fully saturated rings. The largest absolute Gasteiger partial charge is 0.354 e. The van der Waals surface area contributed by atoms with E-state index in [9.17, 15) is 18.0 Å². The van der Waals surface area contributed by atoms with Crippen LogP contribution in [0.2, 0.25) is 15.1 Å². The summed E-state index contributed by atoms with van der Waals surface area (Å²) in [5.41, 5.74) is 2.39. The minimum absolute atomic E-state index is 0.00397. The maximum absolute atomic E-state index is 14.0. The Labute approximate surface area is 257 Å². The van der Waals surface area contributed by atoms with Crippen LogP contribution in [-0.4, -0.2) is 44.3 Å². The van der Waals surface area contributed by atoms with E-state index in [2.05, 4.69) is 5.32 Å². The number of hydrogen-bond donors (Lipinski definition) is 1. The quantitative estimate of drug-likeness (QED) is 0.255. The zero-order valence-electron chi connectivity index (χ0n) is 23.6. The number of sulfonamides is 1. The Bertz CT molecular complexity index is 1510. The average molecular weight is 639 g/mol. The molecule has 0 saturated carbocycles. The first kappa shape index (κ1) is 32.7. The fourth-order valence-corrected chi connectivity index (χ4v) is 6.15. The van der Waals surface area contributed by atoms with E-state index < -0.39 is 28.5 Å². The smallest absolute Gasteiger partial charge is 0.264 e. The molecule has 0 spiro atoms. The van der Waals surface area contributed by atoms with Crippen molar-refractivity contribution in [2.75, 3.05) is 17.4 Å². The highest BCUT2D eigenvalue weighted by Gasteiger charge is 2.33. The van der Waals surface area contributed by atoms with Crippen molar-refractivity contribution >= 4 is 62.3 Å². The first-order valence-electron chi connectivity index (χ1n) is 13.1. The summed E-state index contributed by atoms with van der Waals surface area (Å²) in [5, 5.41) is 3.94. The number of aryl methyl sites for hydroxylation is 2. The van der Waals surface area contributed by atoms with E-state index >= 15 is 0 Å². The highest BCUT2D eigenvalue weighted by atomic mass is 35.5. The number of carbonyl (C=O) groups excluding carboxylic acids is 2. The maximum atomic E-state index is 14.0. The number of carbonyl (C=O) groups is 2. The lowest BCUT2D eigenvalue weighted by Gasteiger charge is -2.32. The maximum Gasteiger partial charge on any atom is 0.264 e. The monoisotopic (exact) mass is 637 g/mol. The van der Waals surface area contributed by atoms with Gasteiger partial charge in [-0.1, -0.05) is 72.4 Å². The summed E-state index contributed by atoms with van der Waals surface area (Å²) < 4.78 is 29.0. The van der Waals surface area contributed by atoms with Crippen LogP contribution >= 0.6 is 34.8 Å². The molecule has 0 aliphatic heterocycles. The number of nitrogens with zero attached hydrogens (tertiary/aromatic N) is 2. The van der Waals surface area contributed by atoms with Crippen LogP contribution in [0.25, 0.3) is 0 Å². The molecule has 0 aliphatic rings. The van der Waals surface area contributed by atoms with Crippen LogP contribution in [-0.2, 0) is 26.2 Å². The molecule has 0 bridgehead atoms. The van der Waals surface area contributed by atoms with Gasteiger partial charge in [-0.3, -0.25) is 13.9 Å². The van der Waals surface area contributed by atoms with Gasteiger partial charge < -0.3 is 10.2 Å². The van der Waals surface area contributed by atoms with Crippen molar-refractivity contribution in [3.8, 4) is 0 Å². The molecule has 41 heavy (non-hydrogen) atoms. The topological polar surface area (TPSA) is 86.8 Å². The van der Waals surface area contributed by atoms with E-state index in [1.165, 1.54) is 17.0 Å². The van der Waals surface area contributed by atoms with Gasteiger partial charge in [-0.25, -0.2) is 8.42 Å². The highest BCUT2D eigenvalue weighted by Crippen LogP contribution is 2.30. The summed E-state index contributed by atoms with van der Waals surface area (Å²) in [6, 6.07) is 15.2. The van der Waals surface area contributed by atoms with Crippen molar-refractivity contribution in [1.82, 2.24) is 10.2 Å². The van der Waals surface area contributed by atoms with E-state index in [-0.39, 0.29) is 23.3 Å². The van der Waals surface area contributed by atoms with Crippen LogP contribution in [0, 0.1) is 19.8 Å². The Morgan fingerprint density at radius 1 is 0.878 bits per heavy atom. The van der Waals surface area contributed by atoms with E-state index in [1.54, 1.807) is 62.4 Å². The number of hydrogen-bond acceptors (Lipinski definition) is 4. The molecule has 0 heterocycles. The first-order valence-corrected chi connectivity index (χ1v) is 15.6. The van der Waals surface area contributed by atoms with Gasteiger partial charge in [0, 0.05) is 18.1 Å². The summed E-state index contributed by atoms with van der Waals surface area (Å²) >= 11 is 18.5. The second-order valence-corrected chi connectivity index (χ2v) is 13.5. The van der Waals surface area contributed by atoms with Gasteiger partial charge in [-0.05, 0) is 80.3 Å². The normalized spacial score (nSPS) is 12.2. The van der Waals surface area contributed by atoms with Gasteiger partial charge in [0.25, 0.3) is 10.0 Å². The Morgan fingerprint density at radius 2 is 1.54 bits per heavy atom. The predicted molar refractivity (Wildman–Crippen MR) is 166 cm³/mol. The molecular weight excluding hydrogens is 605 g/mol. The lowest BCUT2D eigenvalue weighted by Crippen LogP contribution is -2.51. The van der Waals surface area contributed by atoms with Gasteiger partial charge in [0.1, 0.15) is 12.6 Å². The third kappa shape index (κ3) is 8.38. The minimum atomic E-state index is -4.18. The SMILES string of the molecule is Cc1ccc(S(=O)(=O)N(CC(=O)N(Cc2ccc(Cl)c(Cl)c2)C(C)C(=O)NCC(C)C)c2ccc(Cl)cc2C)cc1. The van der Waals surface area contributed by atoms with E-state index in [4.69, 9.17) is 34.8 Å². The van der Waals surface area contributed by atoms with E-state index in [0.29, 0.717) is 38.4 Å². The molecule has 0 saturated heterocycles. The third-order valence-corrected chi connectivity index (χ3v) is 9.25. The van der Waals surface area contributed by atoms with Gasteiger partial charge in [0.15, 0.2) is 0 Å². The average Bonchev–Trinajstić information content (AvgIpc) is 2.91. The number of rotatable bonds is 11. The number of amides is 2. The molecule has 7 nitrogen and oxygen atoms in total. The molecule has 2 amide bonds. The molecule has 11 heteroatoms. The van der Waals surface area contributed by atoms with Gasteiger partial charge in [-0.2, -0.15) is 0 Å². The molecule has 0 aromatic heterocycles. The number of nitrogens with one attached hydrogen (secondary N) is 1. The van der Waals surface area contributed by atoms with Gasteiger partial charge in [-0.15, -0.1) is 0 Å². The fourth-order valence-electron chi connectivity index (χ4n) is 4.12. The van der Waals surface area contributed by atoms with Crippen LogP contribution < -0.4 is 9.62 Å². The molecule has 3 aromatic carbocycles. The Hall–Kier alpha value is -2.78. The molecule has 0 aliphatic carbocycles. The molecular formula is C30H34Cl3N3O4S. The second kappa shape index (κ2) is 13.9. The fraction of sp³-hybridized carbons (Fsp3) is 0.333. The van der Waals surface area contributed by atoms with Crippen molar-refractivity contribution in [3.05, 3.63) is 92.4 Å². The number of benzene rings is 3. The number of halogens is 3. The summed E-state index contributed by atoms with van der Waals surface area (Å²) in [6.45, 7) is 8.99. The van der Waals surface area contributed by atoms with E-state index in [1.807, 2.05) is 20.8 Å². The van der Waals surface area contributed by atoms with Crippen molar-refractivity contribution in [2.45, 2.75) is 52.1 Å². The van der Waals surface area contributed by atoms with Gasteiger partial charge in [0.2, 0.25) is 11.8 Å². The molecule has 1 N–H and O–H groups in total. The summed E-state index contributed by atoms with van der Waals surface area (Å²) in [5.74, 6) is -0.732. The van der Waals surface area contributed by atoms with Crippen LogP contribution in [0.5, 0.6) is 0 Å². The van der Waals surface area contributed by atoms with Crippen LogP contribution in [0.1, 0.15) is 37.5 Å². The Kier molecular flexibility index (Phi) is 11.1. The van der Waals surface area contributed by atoms with Crippen molar-refractivity contribution in [2.24, 2.45) is 5.92 Å². The van der Waals surface area contributed by atoms with E-state index in [0.717, 1.165) is 9.87 Å². The molecule has 1 atom stereocenters. The third-order valence-electron chi connectivity index (χ3n) is 6.50. The summed E-state index contributed by atoms with van der Waals surface area (Å²) in [7, 11) is -4.18. The lowest BCUT2D eigenvalue weighted by atomic mass is 10.1.